The van der Waals surface area contributed by atoms with Crippen molar-refractivity contribution in [2.45, 2.75) is 6.92 Å². The number of hydrogen-bond donors (Lipinski definition) is 0. The summed E-state index contributed by atoms with van der Waals surface area (Å²) in [7, 11) is 0. The maximum absolute atomic E-state index is 8.72. The molecule has 0 bridgehead atoms. The first kappa shape index (κ1) is 11.6. The third-order valence-corrected chi connectivity index (χ3v) is 2.58. The molecule has 0 fully saturated rings. The fraction of sp³-hybridized carbons (Fsp3) is 0.0833. The zero-order valence-electron chi connectivity index (χ0n) is 9.01. The van der Waals surface area contributed by atoms with Crippen molar-refractivity contribution in [1.29, 1.82) is 5.26 Å². The average Bonchev–Trinajstić information content (AvgIpc) is 2.33. The summed E-state index contributed by atoms with van der Waals surface area (Å²) in [6, 6.07) is 9.27. The summed E-state index contributed by atoms with van der Waals surface area (Å²) < 4.78 is 6.49. The second-order valence-electron chi connectivity index (χ2n) is 3.35. The Morgan fingerprint density at radius 2 is 2.18 bits per heavy atom. The van der Waals surface area contributed by atoms with E-state index in [1.54, 1.807) is 0 Å². The van der Waals surface area contributed by atoms with Crippen LogP contribution in [0.3, 0.4) is 0 Å². The molecule has 4 nitrogen and oxygen atoms in total. The molecule has 1 aromatic carbocycles. The zero-order chi connectivity index (χ0) is 12.3. The van der Waals surface area contributed by atoms with Crippen LogP contribution in [0.1, 0.15) is 11.3 Å². The Hall–Kier alpha value is -1.93. The minimum absolute atomic E-state index is 0.175. The maximum atomic E-state index is 8.72. The van der Waals surface area contributed by atoms with Crippen molar-refractivity contribution in [2.24, 2.45) is 0 Å². The number of aromatic nitrogens is 2. The molecule has 0 radical (unpaired) electrons. The van der Waals surface area contributed by atoms with Crippen LogP contribution in [0.5, 0.6) is 11.8 Å². The van der Waals surface area contributed by atoms with Gasteiger partial charge >= 0.3 is 6.01 Å². The highest BCUT2D eigenvalue weighted by Gasteiger charge is 2.05. The molecular formula is C12H8BrN3O. The Morgan fingerprint density at radius 3 is 2.88 bits per heavy atom. The van der Waals surface area contributed by atoms with E-state index < -0.39 is 0 Å². The second-order valence-corrected chi connectivity index (χ2v) is 4.26. The van der Waals surface area contributed by atoms with Crippen LogP contribution in [0, 0.1) is 18.3 Å². The molecule has 0 saturated carbocycles. The van der Waals surface area contributed by atoms with Gasteiger partial charge in [0, 0.05) is 10.7 Å². The summed E-state index contributed by atoms with van der Waals surface area (Å²) in [5, 5.41) is 8.72. The van der Waals surface area contributed by atoms with Crippen LogP contribution in [0.2, 0.25) is 0 Å². The van der Waals surface area contributed by atoms with Gasteiger partial charge in [-0.15, -0.1) is 0 Å². The van der Waals surface area contributed by atoms with Gasteiger partial charge in [0.2, 0.25) is 0 Å². The van der Waals surface area contributed by atoms with Crippen molar-refractivity contribution >= 4 is 15.9 Å². The van der Waals surface area contributed by atoms with Gasteiger partial charge in [-0.3, -0.25) is 0 Å². The predicted octanol–water partition coefficient (Wildman–Crippen LogP) is 3.21. The maximum Gasteiger partial charge on any atom is 0.323 e. The van der Waals surface area contributed by atoms with Crippen molar-refractivity contribution < 1.29 is 4.74 Å². The molecule has 0 atom stereocenters. The summed E-state index contributed by atoms with van der Waals surface area (Å²) in [5.41, 5.74) is 1.25. The third-order valence-electron chi connectivity index (χ3n) is 2.09. The minimum Gasteiger partial charge on any atom is -0.424 e. The van der Waals surface area contributed by atoms with Gasteiger partial charge in [0.25, 0.3) is 0 Å². The normalized spacial score (nSPS) is 9.71. The van der Waals surface area contributed by atoms with Crippen molar-refractivity contribution in [3.8, 4) is 17.8 Å². The van der Waals surface area contributed by atoms with E-state index in [0.717, 1.165) is 10.0 Å². The van der Waals surface area contributed by atoms with Gasteiger partial charge in [0.1, 0.15) is 17.5 Å². The van der Waals surface area contributed by atoms with E-state index in [-0.39, 0.29) is 11.7 Å². The molecule has 5 heteroatoms. The topological polar surface area (TPSA) is 58.8 Å². The SMILES string of the molecule is Cc1cc(Br)ccc1Oc1nccc(C#N)n1. The standard InChI is InChI=1S/C12H8BrN3O/c1-8-6-9(13)2-3-11(8)17-12-15-5-4-10(7-14)16-12/h2-6H,1H3. The smallest absolute Gasteiger partial charge is 0.323 e. The predicted molar refractivity (Wildman–Crippen MR) is 65.7 cm³/mol. The van der Waals surface area contributed by atoms with Crippen LogP contribution in [0.4, 0.5) is 0 Å². The number of halogens is 1. The fourth-order valence-electron chi connectivity index (χ4n) is 1.28. The van der Waals surface area contributed by atoms with E-state index in [9.17, 15) is 0 Å². The zero-order valence-corrected chi connectivity index (χ0v) is 10.6. The Balaban J connectivity index is 2.28. The van der Waals surface area contributed by atoms with Gasteiger partial charge in [-0.2, -0.15) is 10.2 Å². The van der Waals surface area contributed by atoms with Gasteiger partial charge in [-0.25, -0.2) is 4.98 Å². The summed E-state index contributed by atoms with van der Waals surface area (Å²) in [6.45, 7) is 1.92. The number of ether oxygens (including phenoxy) is 1. The molecule has 0 amide bonds. The van der Waals surface area contributed by atoms with Gasteiger partial charge in [0.05, 0.1) is 0 Å². The molecule has 2 rings (SSSR count). The van der Waals surface area contributed by atoms with Gasteiger partial charge < -0.3 is 4.74 Å². The number of aryl methyl sites for hydroxylation is 1. The number of benzene rings is 1. The van der Waals surface area contributed by atoms with Crippen LogP contribution in [0.25, 0.3) is 0 Å². The van der Waals surface area contributed by atoms with E-state index in [4.69, 9.17) is 10.00 Å². The minimum atomic E-state index is 0.175. The quantitative estimate of drug-likeness (QED) is 0.852. The molecule has 2 aromatic rings. The monoisotopic (exact) mass is 289 g/mol. The van der Waals surface area contributed by atoms with Gasteiger partial charge in [-0.1, -0.05) is 15.9 Å². The lowest BCUT2D eigenvalue weighted by atomic mass is 10.2. The molecule has 17 heavy (non-hydrogen) atoms. The van der Waals surface area contributed by atoms with Crippen LogP contribution in [-0.2, 0) is 0 Å². The molecule has 1 heterocycles. The van der Waals surface area contributed by atoms with E-state index >= 15 is 0 Å². The molecule has 1 aromatic heterocycles. The van der Waals surface area contributed by atoms with Crippen LogP contribution >= 0.6 is 15.9 Å². The van der Waals surface area contributed by atoms with Crippen LogP contribution < -0.4 is 4.74 Å². The molecule has 0 N–H and O–H groups in total. The van der Waals surface area contributed by atoms with E-state index in [1.807, 2.05) is 31.2 Å². The van der Waals surface area contributed by atoms with E-state index in [2.05, 4.69) is 25.9 Å². The Labute approximate surface area is 107 Å². The largest absolute Gasteiger partial charge is 0.424 e. The lowest BCUT2D eigenvalue weighted by Crippen LogP contribution is -1.94. The third kappa shape index (κ3) is 2.80. The molecule has 0 aliphatic rings. The fourth-order valence-corrected chi connectivity index (χ4v) is 1.75. The highest BCUT2D eigenvalue weighted by atomic mass is 79.9. The summed E-state index contributed by atoms with van der Waals surface area (Å²) in [6.07, 6.45) is 1.50. The lowest BCUT2D eigenvalue weighted by molar-refractivity contribution is 0.438. The van der Waals surface area contributed by atoms with Crippen molar-refractivity contribution in [3.05, 3.63) is 46.2 Å². The molecule has 0 spiro atoms. The van der Waals surface area contributed by atoms with E-state index in [0.29, 0.717) is 5.75 Å². The molecule has 0 aliphatic heterocycles. The van der Waals surface area contributed by atoms with E-state index in [1.165, 1.54) is 12.3 Å². The first-order chi connectivity index (χ1) is 8.19. The summed E-state index contributed by atoms with van der Waals surface area (Å²) in [4.78, 5) is 7.89. The number of nitriles is 1. The van der Waals surface area contributed by atoms with Crippen LogP contribution in [0.15, 0.2) is 34.9 Å². The Bertz CT molecular complexity index is 593. The first-order valence-corrected chi connectivity index (χ1v) is 5.65. The summed E-state index contributed by atoms with van der Waals surface area (Å²) in [5.74, 6) is 0.670. The van der Waals surface area contributed by atoms with Gasteiger partial charge in [-0.05, 0) is 36.8 Å². The van der Waals surface area contributed by atoms with Crippen molar-refractivity contribution in [3.63, 3.8) is 0 Å². The van der Waals surface area contributed by atoms with Crippen molar-refractivity contribution in [1.82, 2.24) is 9.97 Å². The Kier molecular flexibility index (Phi) is 3.35. The average molecular weight is 290 g/mol. The van der Waals surface area contributed by atoms with Crippen molar-refractivity contribution in [2.75, 3.05) is 0 Å². The summed E-state index contributed by atoms with van der Waals surface area (Å²) >= 11 is 3.37. The Morgan fingerprint density at radius 1 is 1.35 bits per heavy atom. The first-order valence-electron chi connectivity index (χ1n) is 4.86. The lowest BCUT2D eigenvalue weighted by Gasteiger charge is -2.06. The van der Waals surface area contributed by atoms with Crippen LogP contribution in [-0.4, -0.2) is 9.97 Å². The number of rotatable bonds is 2. The molecule has 0 unspecified atom stereocenters. The molecule has 0 saturated heterocycles. The number of hydrogen-bond acceptors (Lipinski definition) is 4. The molecule has 84 valence electrons. The molecule has 0 aliphatic carbocycles. The molecular weight excluding hydrogens is 282 g/mol. The van der Waals surface area contributed by atoms with Gasteiger partial charge in [0.15, 0.2) is 0 Å². The highest BCUT2D eigenvalue weighted by Crippen LogP contribution is 2.25. The second kappa shape index (κ2) is 4.93. The number of nitrogens with zero attached hydrogens (tertiary/aromatic N) is 3. The highest BCUT2D eigenvalue weighted by molar-refractivity contribution is 9.10.